The molecule has 5 heteroatoms. The molecule has 0 aliphatic heterocycles. The molecule has 2 aromatic carbocycles. The van der Waals surface area contributed by atoms with Gasteiger partial charge in [-0.15, -0.1) is 0 Å². The maximum atomic E-state index is 12.0. The van der Waals surface area contributed by atoms with Crippen LogP contribution in [0.25, 0.3) is 0 Å². The Morgan fingerprint density at radius 2 is 1.74 bits per heavy atom. The number of rotatable bonds is 7. The van der Waals surface area contributed by atoms with Crippen LogP contribution in [0.15, 0.2) is 54.6 Å². The van der Waals surface area contributed by atoms with Crippen molar-refractivity contribution in [1.82, 2.24) is 5.32 Å². The van der Waals surface area contributed by atoms with Gasteiger partial charge in [-0.2, -0.15) is 0 Å². The van der Waals surface area contributed by atoms with Crippen LogP contribution in [-0.4, -0.2) is 24.3 Å². The summed E-state index contributed by atoms with van der Waals surface area (Å²) in [7, 11) is 0. The van der Waals surface area contributed by atoms with Crippen molar-refractivity contribution in [3.63, 3.8) is 0 Å². The Morgan fingerprint density at radius 3 is 2.39 bits per heavy atom. The minimum atomic E-state index is -0.539. The van der Waals surface area contributed by atoms with Crippen molar-refractivity contribution >= 4 is 34.3 Å². The summed E-state index contributed by atoms with van der Waals surface area (Å²) in [6.07, 6.45) is 0.477. The number of para-hydroxylation sites is 1. The van der Waals surface area contributed by atoms with Crippen LogP contribution in [0, 0.1) is 3.57 Å². The van der Waals surface area contributed by atoms with E-state index in [0.717, 1.165) is 9.13 Å². The molecule has 0 aliphatic rings. The molecule has 2 rings (SSSR count). The molecule has 0 aromatic heterocycles. The van der Waals surface area contributed by atoms with Gasteiger partial charge in [0.25, 0.3) is 5.91 Å². The lowest BCUT2D eigenvalue weighted by Crippen LogP contribution is -2.43. The zero-order valence-electron chi connectivity index (χ0n) is 12.8. The summed E-state index contributed by atoms with van der Waals surface area (Å²) in [6.45, 7) is 1.37. The number of ether oxygens (including phenoxy) is 1. The molecular weight excluding hydrogens is 405 g/mol. The zero-order valence-corrected chi connectivity index (χ0v) is 14.9. The van der Waals surface area contributed by atoms with Crippen molar-refractivity contribution < 1.29 is 14.3 Å². The van der Waals surface area contributed by atoms with E-state index in [9.17, 15) is 9.59 Å². The maximum absolute atomic E-state index is 12.0. The Morgan fingerprint density at radius 1 is 1.09 bits per heavy atom. The van der Waals surface area contributed by atoms with Gasteiger partial charge in [0.15, 0.2) is 12.4 Å². The van der Waals surface area contributed by atoms with Crippen molar-refractivity contribution in [1.29, 1.82) is 0 Å². The lowest BCUT2D eigenvalue weighted by Gasteiger charge is -2.16. The minimum Gasteiger partial charge on any atom is -0.483 e. The number of hydrogen-bond acceptors (Lipinski definition) is 3. The smallest absolute Gasteiger partial charge is 0.258 e. The highest BCUT2D eigenvalue weighted by molar-refractivity contribution is 14.1. The molecule has 0 saturated heterocycles. The molecule has 0 saturated carbocycles. The minimum absolute atomic E-state index is 0.0727. The standard InChI is InChI=1S/C18H18INO3/c1-13(21)16(11-14-7-3-2-4-8-14)20-18(22)12-23-17-10-6-5-9-15(17)19/h2-10,16H,11-12H2,1H3,(H,20,22). The molecule has 2 aromatic rings. The van der Waals surface area contributed by atoms with Crippen LogP contribution >= 0.6 is 22.6 Å². The highest BCUT2D eigenvalue weighted by Gasteiger charge is 2.18. The van der Waals surface area contributed by atoms with Gasteiger partial charge in [-0.05, 0) is 53.6 Å². The van der Waals surface area contributed by atoms with Crippen molar-refractivity contribution in [3.05, 3.63) is 63.7 Å². The Hall–Kier alpha value is -1.89. The predicted octanol–water partition coefficient (Wildman–Crippen LogP) is 2.99. The number of halogens is 1. The summed E-state index contributed by atoms with van der Waals surface area (Å²) in [5, 5.41) is 2.74. The first-order chi connectivity index (χ1) is 11.1. The highest BCUT2D eigenvalue weighted by Crippen LogP contribution is 2.19. The van der Waals surface area contributed by atoms with Gasteiger partial charge < -0.3 is 10.1 Å². The number of amides is 1. The highest BCUT2D eigenvalue weighted by atomic mass is 127. The average molecular weight is 423 g/mol. The fourth-order valence-corrected chi connectivity index (χ4v) is 2.63. The first-order valence-electron chi connectivity index (χ1n) is 7.27. The molecule has 0 bridgehead atoms. The summed E-state index contributed by atoms with van der Waals surface area (Å²) in [4.78, 5) is 23.8. The normalized spacial score (nSPS) is 11.6. The maximum Gasteiger partial charge on any atom is 0.258 e. The summed E-state index contributed by atoms with van der Waals surface area (Å²) in [5.41, 5.74) is 1.01. The third kappa shape index (κ3) is 5.67. The SMILES string of the molecule is CC(=O)C(Cc1ccccc1)NC(=O)COc1ccccc1I. The largest absolute Gasteiger partial charge is 0.483 e. The van der Waals surface area contributed by atoms with Crippen LogP contribution in [0.2, 0.25) is 0 Å². The van der Waals surface area contributed by atoms with Crippen molar-refractivity contribution in [2.45, 2.75) is 19.4 Å². The molecule has 0 radical (unpaired) electrons. The van der Waals surface area contributed by atoms with Gasteiger partial charge >= 0.3 is 0 Å². The van der Waals surface area contributed by atoms with Gasteiger partial charge in [-0.1, -0.05) is 42.5 Å². The quantitative estimate of drug-likeness (QED) is 0.697. The number of benzene rings is 2. The number of carbonyl (C=O) groups excluding carboxylic acids is 2. The molecule has 0 spiro atoms. The van der Waals surface area contributed by atoms with E-state index in [1.165, 1.54) is 6.92 Å². The average Bonchev–Trinajstić information content (AvgIpc) is 2.54. The van der Waals surface area contributed by atoms with E-state index in [-0.39, 0.29) is 18.3 Å². The van der Waals surface area contributed by atoms with Gasteiger partial charge in [-0.25, -0.2) is 0 Å². The molecular formula is C18H18INO3. The number of Topliss-reactive ketones (excluding diaryl/α,β-unsaturated/α-hetero) is 1. The topological polar surface area (TPSA) is 55.4 Å². The molecule has 0 heterocycles. The first-order valence-corrected chi connectivity index (χ1v) is 8.35. The lowest BCUT2D eigenvalue weighted by atomic mass is 10.0. The van der Waals surface area contributed by atoms with Crippen LogP contribution in [0.3, 0.4) is 0 Å². The van der Waals surface area contributed by atoms with E-state index < -0.39 is 6.04 Å². The molecule has 0 aliphatic carbocycles. The number of nitrogens with one attached hydrogen (secondary N) is 1. The van der Waals surface area contributed by atoms with Crippen LogP contribution in [0.5, 0.6) is 5.75 Å². The van der Waals surface area contributed by atoms with Crippen molar-refractivity contribution in [2.75, 3.05) is 6.61 Å². The second kappa shape index (κ2) is 8.67. The summed E-state index contributed by atoms with van der Waals surface area (Å²) in [6, 6.07) is 16.5. The van der Waals surface area contributed by atoms with Crippen LogP contribution in [0.1, 0.15) is 12.5 Å². The fraction of sp³-hybridized carbons (Fsp3) is 0.222. The van der Waals surface area contributed by atoms with Gasteiger partial charge in [0.05, 0.1) is 9.61 Å². The van der Waals surface area contributed by atoms with Gasteiger partial charge in [-0.3, -0.25) is 9.59 Å². The third-order valence-corrected chi connectivity index (χ3v) is 4.20. The third-order valence-electron chi connectivity index (χ3n) is 3.30. The Bertz CT molecular complexity index is 673. The van der Waals surface area contributed by atoms with Gasteiger partial charge in [0, 0.05) is 0 Å². The summed E-state index contributed by atoms with van der Waals surface area (Å²) < 4.78 is 6.43. The predicted molar refractivity (Wildman–Crippen MR) is 97.4 cm³/mol. The van der Waals surface area contributed by atoms with Crippen LogP contribution in [-0.2, 0) is 16.0 Å². The molecule has 1 unspecified atom stereocenters. The fourth-order valence-electron chi connectivity index (χ4n) is 2.09. The van der Waals surface area contributed by atoms with Gasteiger partial charge in [0.2, 0.25) is 0 Å². The zero-order chi connectivity index (χ0) is 16.7. The Labute approximate surface area is 149 Å². The first kappa shape index (κ1) is 17.5. The molecule has 120 valence electrons. The van der Waals surface area contributed by atoms with E-state index in [0.29, 0.717) is 12.2 Å². The molecule has 4 nitrogen and oxygen atoms in total. The van der Waals surface area contributed by atoms with Crippen LogP contribution < -0.4 is 10.1 Å². The summed E-state index contributed by atoms with van der Waals surface area (Å²) >= 11 is 2.15. The monoisotopic (exact) mass is 423 g/mol. The summed E-state index contributed by atoms with van der Waals surface area (Å²) in [5.74, 6) is 0.281. The second-order valence-corrected chi connectivity index (χ2v) is 6.30. The van der Waals surface area contributed by atoms with E-state index >= 15 is 0 Å². The second-order valence-electron chi connectivity index (χ2n) is 5.14. The van der Waals surface area contributed by atoms with Gasteiger partial charge in [0.1, 0.15) is 5.75 Å². The van der Waals surface area contributed by atoms with Crippen molar-refractivity contribution in [3.8, 4) is 5.75 Å². The molecule has 1 atom stereocenters. The number of hydrogen-bond donors (Lipinski definition) is 1. The molecule has 23 heavy (non-hydrogen) atoms. The van der Waals surface area contributed by atoms with E-state index in [2.05, 4.69) is 27.9 Å². The molecule has 0 fully saturated rings. The van der Waals surface area contributed by atoms with E-state index in [4.69, 9.17) is 4.74 Å². The van der Waals surface area contributed by atoms with Crippen LogP contribution in [0.4, 0.5) is 0 Å². The molecule has 1 N–H and O–H groups in total. The van der Waals surface area contributed by atoms with E-state index in [1.807, 2.05) is 54.6 Å². The van der Waals surface area contributed by atoms with Crippen molar-refractivity contribution in [2.24, 2.45) is 0 Å². The lowest BCUT2D eigenvalue weighted by molar-refractivity contribution is -0.128. The number of carbonyl (C=O) groups is 2. The number of ketones is 1. The molecule has 1 amide bonds. The van der Waals surface area contributed by atoms with E-state index in [1.54, 1.807) is 0 Å². The Balaban J connectivity index is 1.91. The Kier molecular flexibility index (Phi) is 6.58.